The number of thiol groups is 1. The van der Waals surface area contributed by atoms with Gasteiger partial charge in [0.25, 0.3) is 0 Å². The molecule has 2 aromatic rings. The third-order valence-corrected chi connectivity index (χ3v) is 3.34. The van der Waals surface area contributed by atoms with Crippen molar-refractivity contribution in [2.75, 3.05) is 12.9 Å². The third-order valence-electron chi connectivity index (χ3n) is 3.34. The first kappa shape index (κ1) is 14.7. The Labute approximate surface area is 125 Å². The van der Waals surface area contributed by atoms with Crippen molar-refractivity contribution >= 4 is 18.4 Å². The van der Waals surface area contributed by atoms with E-state index in [4.69, 9.17) is 4.74 Å². The number of carbonyl (C=O) groups is 1. The summed E-state index contributed by atoms with van der Waals surface area (Å²) in [6, 6.07) is 17.4. The Hall–Kier alpha value is -1.74. The molecule has 0 fully saturated rings. The van der Waals surface area contributed by atoms with Crippen LogP contribution in [0, 0.1) is 0 Å². The number of rotatable bonds is 1. The Bertz CT molecular complexity index is 566. The number of fused-ring (bicyclic) bond motifs is 1. The smallest absolute Gasteiger partial charge is 0.174 e. The fourth-order valence-electron chi connectivity index (χ4n) is 2.40. The van der Waals surface area contributed by atoms with Crippen molar-refractivity contribution in [3.05, 3.63) is 65.7 Å². The second-order valence-electron chi connectivity index (χ2n) is 4.46. The number of para-hydroxylation sites is 1. The van der Waals surface area contributed by atoms with Gasteiger partial charge in [0, 0.05) is 0 Å². The number of ether oxygens (including phenoxy) is 1. The van der Waals surface area contributed by atoms with Gasteiger partial charge in [0.05, 0.1) is 18.1 Å². The zero-order valence-electron chi connectivity index (χ0n) is 11.5. The van der Waals surface area contributed by atoms with Gasteiger partial charge in [0.1, 0.15) is 5.75 Å². The lowest BCUT2D eigenvalue weighted by Gasteiger charge is -2.12. The highest BCUT2D eigenvalue weighted by atomic mass is 32.1. The predicted octanol–water partition coefficient (Wildman–Crippen LogP) is 3.98. The van der Waals surface area contributed by atoms with E-state index in [9.17, 15) is 4.79 Å². The van der Waals surface area contributed by atoms with Crippen molar-refractivity contribution in [2.24, 2.45) is 0 Å². The first-order valence-corrected chi connectivity index (χ1v) is 7.51. The van der Waals surface area contributed by atoms with Crippen LogP contribution >= 0.6 is 12.6 Å². The summed E-state index contributed by atoms with van der Waals surface area (Å²) >= 11 is 3.53. The van der Waals surface area contributed by atoms with Crippen LogP contribution in [0.25, 0.3) is 0 Å². The first-order valence-electron chi connectivity index (χ1n) is 6.62. The maximum atomic E-state index is 12.6. The normalized spacial score (nSPS) is 17.1. The SMILES string of the molecule is CS.O=C1c2ccccc2OCCC1c1ccccc1. The van der Waals surface area contributed by atoms with Crippen molar-refractivity contribution in [1.82, 2.24) is 0 Å². The minimum absolute atomic E-state index is 0.0881. The average molecular weight is 286 g/mol. The van der Waals surface area contributed by atoms with Crippen LogP contribution < -0.4 is 4.74 Å². The van der Waals surface area contributed by atoms with Gasteiger partial charge in [-0.1, -0.05) is 42.5 Å². The molecular formula is C17H18O2S. The minimum atomic E-state index is -0.0881. The van der Waals surface area contributed by atoms with E-state index in [-0.39, 0.29) is 11.7 Å². The summed E-state index contributed by atoms with van der Waals surface area (Å²) < 4.78 is 5.65. The lowest BCUT2D eigenvalue weighted by molar-refractivity contribution is 0.0958. The van der Waals surface area contributed by atoms with Crippen LogP contribution in [0.3, 0.4) is 0 Å². The zero-order valence-corrected chi connectivity index (χ0v) is 12.3. The Morgan fingerprint density at radius 1 is 1.00 bits per heavy atom. The molecule has 0 saturated heterocycles. The monoisotopic (exact) mass is 286 g/mol. The van der Waals surface area contributed by atoms with E-state index >= 15 is 0 Å². The molecular weight excluding hydrogens is 268 g/mol. The molecule has 0 bridgehead atoms. The van der Waals surface area contributed by atoms with Crippen molar-refractivity contribution < 1.29 is 9.53 Å². The summed E-state index contributed by atoms with van der Waals surface area (Å²) in [5.74, 6) is 0.782. The van der Waals surface area contributed by atoms with Gasteiger partial charge in [0.2, 0.25) is 0 Å². The molecule has 1 aliphatic heterocycles. The first-order chi connectivity index (χ1) is 9.86. The van der Waals surface area contributed by atoms with Gasteiger partial charge in [-0.05, 0) is 30.4 Å². The molecule has 1 aliphatic rings. The van der Waals surface area contributed by atoms with Gasteiger partial charge in [-0.25, -0.2) is 0 Å². The van der Waals surface area contributed by atoms with E-state index in [1.54, 1.807) is 6.26 Å². The van der Waals surface area contributed by atoms with E-state index in [0.29, 0.717) is 17.9 Å². The number of hydrogen-bond donors (Lipinski definition) is 1. The van der Waals surface area contributed by atoms with Gasteiger partial charge in [0.15, 0.2) is 5.78 Å². The van der Waals surface area contributed by atoms with E-state index in [2.05, 4.69) is 12.6 Å². The highest BCUT2D eigenvalue weighted by Gasteiger charge is 2.27. The van der Waals surface area contributed by atoms with Crippen LogP contribution in [0.2, 0.25) is 0 Å². The maximum Gasteiger partial charge on any atom is 0.174 e. The number of benzene rings is 2. The van der Waals surface area contributed by atoms with E-state index < -0.39 is 0 Å². The largest absolute Gasteiger partial charge is 0.493 e. The van der Waals surface area contributed by atoms with Gasteiger partial charge in [-0.15, -0.1) is 0 Å². The molecule has 1 atom stereocenters. The Kier molecular flexibility index (Phi) is 5.24. The maximum absolute atomic E-state index is 12.6. The summed E-state index contributed by atoms with van der Waals surface area (Å²) in [6.07, 6.45) is 2.43. The third kappa shape index (κ3) is 3.05. The molecule has 0 N–H and O–H groups in total. The number of ketones is 1. The molecule has 0 spiro atoms. The Balaban J connectivity index is 0.000000704. The molecule has 0 saturated carbocycles. The highest BCUT2D eigenvalue weighted by molar-refractivity contribution is 7.79. The number of Topliss-reactive ketones (excluding diaryl/α,β-unsaturated/α-hetero) is 1. The number of carbonyl (C=O) groups excluding carboxylic acids is 1. The van der Waals surface area contributed by atoms with Crippen molar-refractivity contribution in [1.29, 1.82) is 0 Å². The Morgan fingerprint density at radius 3 is 2.40 bits per heavy atom. The van der Waals surface area contributed by atoms with E-state index in [1.165, 1.54) is 0 Å². The molecule has 0 aliphatic carbocycles. The van der Waals surface area contributed by atoms with Crippen molar-refractivity contribution in [2.45, 2.75) is 12.3 Å². The van der Waals surface area contributed by atoms with Crippen LogP contribution in [0.4, 0.5) is 0 Å². The van der Waals surface area contributed by atoms with Crippen molar-refractivity contribution in [3.63, 3.8) is 0 Å². The molecule has 0 radical (unpaired) electrons. The van der Waals surface area contributed by atoms with Crippen LogP contribution in [-0.2, 0) is 0 Å². The quantitative estimate of drug-likeness (QED) is 0.803. The second kappa shape index (κ2) is 7.15. The van der Waals surface area contributed by atoms with Gasteiger partial charge in [-0.2, -0.15) is 12.6 Å². The molecule has 1 unspecified atom stereocenters. The summed E-state index contributed by atoms with van der Waals surface area (Å²) in [5.41, 5.74) is 1.77. The van der Waals surface area contributed by atoms with Gasteiger partial charge >= 0.3 is 0 Å². The van der Waals surface area contributed by atoms with Crippen LogP contribution in [0.1, 0.15) is 28.3 Å². The van der Waals surface area contributed by atoms with Crippen molar-refractivity contribution in [3.8, 4) is 5.75 Å². The lowest BCUT2D eigenvalue weighted by atomic mass is 9.89. The molecule has 104 valence electrons. The van der Waals surface area contributed by atoms with Gasteiger partial charge in [-0.3, -0.25) is 4.79 Å². The molecule has 3 rings (SSSR count). The second-order valence-corrected chi connectivity index (χ2v) is 4.46. The molecule has 3 heteroatoms. The highest BCUT2D eigenvalue weighted by Crippen LogP contribution is 2.32. The van der Waals surface area contributed by atoms with Crippen LogP contribution in [0.5, 0.6) is 5.75 Å². The fourth-order valence-corrected chi connectivity index (χ4v) is 2.40. The predicted molar refractivity (Wildman–Crippen MR) is 85.0 cm³/mol. The summed E-state index contributed by atoms with van der Waals surface area (Å²) in [7, 11) is 0. The summed E-state index contributed by atoms with van der Waals surface area (Å²) in [5, 5.41) is 0. The van der Waals surface area contributed by atoms with E-state index in [0.717, 1.165) is 12.0 Å². The molecule has 0 aromatic heterocycles. The lowest BCUT2D eigenvalue weighted by Crippen LogP contribution is -2.12. The van der Waals surface area contributed by atoms with Gasteiger partial charge < -0.3 is 4.74 Å². The number of hydrogen-bond acceptors (Lipinski definition) is 3. The molecule has 1 heterocycles. The average Bonchev–Trinajstić information content (AvgIpc) is 2.70. The summed E-state index contributed by atoms with van der Waals surface area (Å²) in [4.78, 5) is 12.6. The molecule has 2 nitrogen and oxygen atoms in total. The van der Waals surface area contributed by atoms with E-state index in [1.807, 2.05) is 54.6 Å². The Morgan fingerprint density at radius 2 is 1.65 bits per heavy atom. The zero-order chi connectivity index (χ0) is 14.4. The molecule has 0 amide bonds. The molecule has 20 heavy (non-hydrogen) atoms. The fraction of sp³-hybridized carbons (Fsp3) is 0.235. The topological polar surface area (TPSA) is 26.3 Å². The minimum Gasteiger partial charge on any atom is -0.493 e. The standard InChI is InChI=1S/C16H14O2.CH4S/c17-16-13(12-6-2-1-3-7-12)10-11-18-15-9-5-4-8-14(15)16;1-2/h1-9,13H,10-11H2;2H,1H3. The van der Waals surface area contributed by atoms with Crippen LogP contribution in [-0.4, -0.2) is 18.6 Å². The summed E-state index contributed by atoms with van der Waals surface area (Å²) in [6.45, 7) is 0.586. The molecule has 2 aromatic carbocycles. The van der Waals surface area contributed by atoms with Crippen LogP contribution in [0.15, 0.2) is 54.6 Å².